The Bertz CT molecular complexity index is 696. The van der Waals surface area contributed by atoms with Crippen molar-refractivity contribution in [3.05, 3.63) is 24.5 Å². The monoisotopic (exact) mass is 370 g/mol. The Morgan fingerprint density at radius 3 is 2.59 bits per heavy atom. The lowest BCUT2D eigenvalue weighted by Gasteiger charge is -2.36. The smallest absolute Gasteiger partial charge is 0.240 e. The third-order valence-corrected chi connectivity index (χ3v) is 5.33. The van der Waals surface area contributed by atoms with Gasteiger partial charge in [-0.3, -0.25) is 14.6 Å². The van der Waals surface area contributed by atoms with Gasteiger partial charge in [0.25, 0.3) is 0 Å². The molecular weight excluding hydrogens is 344 g/mol. The fraction of sp³-hybridized carbons (Fsp3) is 0.579. The summed E-state index contributed by atoms with van der Waals surface area (Å²) in [6.45, 7) is 3.45. The van der Waals surface area contributed by atoms with Crippen LogP contribution in [0.4, 0.5) is 5.69 Å². The Balaban J connectivity index is 1.43. The van der Waals surface area contributed by atoms with Crippen molar-refractivity contribution >= 4 is 17.5 Å². The second-order valence-corrected chi connectivity index (χ2v) is 7.04. The number of pyridine rings is 1. The molecule has 0 unspecified atom stereocenters. The summed E-state index contributed by atoms with van der Waals surface area (Å²) in [5.74, 6) is -0.180. The molecule has 0 saturated carbocycles. The van der Waals surface area contributed by atoms with E-state index in [1.807, 2.05) is 17.0 Å². The number of nitriles is 1. The van der Waals surface area contributed by atoms with E-state index < -0.39 is 6.04 Å². The molecule has 1 aromatic rings. The van der Waals surface area contributed by atoms with Crippen LogP contribution < -0.4 is 10.6 Å². The van der Waals surface area contributed by atoms with Crippen LogP contribution >= 0.6 is 0 Å². The largest absolute Gasteiger partial charge is 0.368 e. The first kappa shape index (κ1) is 19.1. The summed E-state index contributed by atoms with van der Waals surface area (Å²) in [5, 5.41) is 9.11. The van der Waals surface area contributed by atoms with Crippen molar-refractivity contribution in [2.75, 3.05) is 37.6 Å². The molecule has 0 radical (unpaired) electrons. The SMILES string of the molecule is N#C[C@@H]1CCCN1C(=O)[C@@H](N)CCC(=O)N1CCN(c2ccncc2)CC1. The maximum Gasteiger partial charge on any atom is 0.240 e. The average molecular weight is 370 g/mol. The molecule has 2 fully saturated rings. The van der Waals surface area contributed by atoms with Crippen molar-refractivity contribution in [2.45, 2.75) is 37.8 Å². The van der Waals surface area contributed by atoms with E-state index in [0.717, 1.165) is 25.2 Å². The van der Waals surface area contributed by atoms with Crippen LogP contribution in [-0.2, 0) is 9.59 Å². The van der Waals surface area contributed by atoms with E-state index >= 15 is 0 Å². The molecule has 3 rings (SSSR count). The van der Waals surface area contributed by atoms with Crippen molar-refractivity contribution in [3.63, 3.8) is 0 Å². The molecule has 27 heavy (non-hydrogen) atoms. The highest BCUT2D eigenvalue weighted by atomic mass is 16.2. The molecule has 2 amide bonds. The van der Waals surface area contributed by atoms with E-state index in [-0.39, 0.29) is 24.3 Å². The fourth-order valence-electron chi connectivity index (χ4n) is 3.71. The number of piperazine rings is 1. The third-order valence-electron chi connectivity index (χ3n) is 5.33. The topological polar surface area (TPSA) is 107 Å². The van der Waals surface area contributed by atoms with Crippen molar-refractivity contribution in [1.29, 1.82) is 5.26 Å². The van der Waals surface area contributed by atoms with Gasteiger partial charge in [0, 0.05) is 57.2 Å². The molecular formula is C19H26N6O2. The van der Waals surface area contributed by atoms with Crippen LogP contribution in [0.15, 0.2) is 24.5 Å². The number of hydrogen-bond donors (Lipinski definition) is 1. The number of likely N-dealkylation sites (tertiary alicyclic amines) is 1. The Hall–Kier alpha value is -2.66. The van der Waals surface area contributed by atoms with Crippen molar-refractivity contribution < 1.29 is 9.59 Å². The molecule has 8 heteroatoms. The lowest BCUT2D eigenvalue weighted by molar-refractivity contribution is -0.134. The normalized spacial score (nSPS) is 21.0. The number of nitrogens with zero attached hydrogens (tertiary/aromatic N) is 5. The van der Waals surface area contributed by atoms with Gasteiger partial charge in [0.05, 0.1) is 12.1 Å². The van der Waals surface area contributed by atoms with Crippen LogP contribution in [0, 0.1) is 11.3 Å². The van der Waals surface area contributed by atoms with Crippen LogP contribution in [0.2, 0.25) is 0 Å². The number of carbonyl (C=O) groups is 2. The number of amides is 2. The van der Waals surface area contributed by atoms with Gasteiger partial charge >= 0.3 is 0 Å². The van der Waals surface area contributed by atoms with Gasteiger partial charge in [-0.05, 0) is 31.4 Å². The minimum atomic E-state index is -0.721. The zero-order chi connectivity index (χ0) is 19.2. The predicted molar refractivity (Wildman–Crippen MR) is 101 cm³/mol. The van der Waals surface area contributed by atoms with Crippen molar-refractivity contribution in [2.24, 2.45) is 5.73 Å². The van der Waals surface area contributed by atoms with Gasteiger partial charge in [0.15, 0.2) is 0 Å². The first-order valence-electron chi connectivity index (χ1n) is 9.48. The summed E-state index contributed by atoms with van der Waals surface area (Å²) in [4.78, 5) is 34.5. The van der Waals surface area contributed by atoms with Gasteiger partial charge in [0.1, 0.15) is 6.04 Å². The zero-order valence-electron chi connectivity index (χ0n) is 15.5. The van der Waals surface area contributed by atoms with Crippen LogP contribution in [0.25, 0.3) is 0 Å². The van der Waals surface area contributed by atoms with Gasteiger partial charge in [0.2, 0.25) is 11.8 Å². The summed E-state index contributed by atoms with van der Waals surface area (Å²) in [7, 11) is 0. The van der Waals surface area contributed by atoms with Crippen LogP contribution in [0.5, 0.6) is 0 Å². The van der Waals surface area contributed by atoms with Gasteiger partial charge in [-0.25, -0.2) is 0 Å². The van der Waals surface area contributed by atoms with Gasteiger partial charge in [-0.2, -0.15) is 5.26 Å². The summed E-state index contributed by atoms with van der Waals surface area (Å²) in [5.41, 5.74) is 7.12. The maximum atomic E-state index is 12.5. The standard InChI is InChI=1S/C19H26N6O2/c20-14-16-2-1-9-25(16)19(27)17(21)3-4-18(26)24-12-10-23(11-13-24)15-5-7-22-8-6-15/h5-8,16-17H,1-4,9-13,21H2/t16-,17-/m0/s1. The highest BCUT2D eigenvalue weighted by Gasteiger charge is 2.32. The Morgan fingerprint density at radius 1 is 1.22 bits per heavy atom. The van der Waals surface area contributed by atoms with E-state index in [4.69, 9.17) is 11.0 Å². The number of anilines is 1. The zero-order valence-corrected chi connectivity index (χ0v) is 15.5. The summed E-state index contributed by atoms with van der Waals surface area (Å²) in [6.07, 6.45) is 5.64. The molecule has 2 N–H and O–H groups in total. The summed E-state index contributed by atoms with van der Waals surface area (Å²) < 4.78 is 0. The highest BCUT2D eigenvalue weighted by Crippen LogP contribution is 2.19. The lowest BCUT2D eigenvalue weighted by Crippen LogP contribution is -2.49. The van der Waals surface area contributed by atoms with Crippen molar-refractivity contribution in [3.8, 4) is 6.07 Å². The molecule has 2 atom stereocenters. The molecule has 2 saturated heterocycles. The first-order valence-corrected chi connectivity index (χ1v) is 9.48. The van der Waals surface area contributed by atoms with Crippen LogP contribution in [0.3, 0.4) is 0 Å². The van der Waals surface area contributed by atoms with Gasteiger partial charge in [-0.15, -0.1) is 0 Å². The lowest BCUT2D eigenvalue weighted by atomic mass is 10.1. The average Bonchev–Trinajstić information content (AvgIpc) is 3.20. The van der Waals surface area contributed by atoms with E-state index in [0.29, 0.717) is 32.5 Å². The van der Waals surface area contributed by atoms with Crippen molar-refractivity contribution in [1.82, 2.24) is 14.8 Å². The fourth-order valence-corrected chi connectivity index (χ4v) is 3.71. The van der Waals surface area contributed by atoms with E-state index in [9.17, 15) is 9.59 Å². The van der Waals surface area contributed by atoms with E-state index in [1.54, 1.807) is 17.3 Å². The number of rotatable bonds is 5. The van der Waals surface area contributed by atoms with Crippen LogP contribution in [0.1, 0.15) is 25.7 Å². The minimum Gasteiger partial charge on any atom is -0.368 e. The molecule has 0 aromatic carbocycles. The Labute approximate surface area is 159 Å². The second kappa shape index (κ2) is 8.82. The molecule has 0 aliphatic carbocycles. The van der Waals surface area contributed by atoms with E-state index in [2.05, 4.69) is 16.0 Å². The highest BCUT2D eigenvalue weighted by molar-refractivity contribution is 5.84. The molecule has 1 aromatic heterocycles. The summed E-state index contributed by atoms with van der Waals surface area (Å²) in [6, 6.07) is 4.99. The molecule has 2 aliphatic heterocycles. The molecule has 0 spiro atoms. The number of nitrogens with two attached hydrogens (primary N) is 1. The molecule has 144 valence electrons. The number of hydrogen-bond acceptors (Lipinski definition) is 6. The minimum absolute atomic E-state index is 0.0332. The number of aromatic nitrogens is 1. The molecule has 3 heterocycles. The van der Waals surface area contributed by atoms with Gasteiger partial charge in [-0.1, -0.05) is 0 Å². The third kappa shape index (κ3) is 4.55. The first-order chi connectivity index (χ1) is 13.1. The van der Waals surface area contributed by atoms with Crippen LogP contribution in [-0.4, -0.2) is 71.4 Å². The second-order valence-electron chi connectivity index (χ2n) is 7.04. The molecule has 2 aliphatic rings. The predicted octanol–water partition coefficient (Wildman–Crippen LogP) is 0.352. The Morgan fingerprint density at radius 2 is 1.93 bits per heavy atom. The van der Waals surface area contributed by atoms with E-state index in [1.165, 1.54) is 0 Å². The summed E-state index contributed by atoms with van der Waals surface area (Å²) >= 11 is 0. The molecule has 0 bridgehead atoms. The maximum absolute atomic E-state index is 12.5. The Kier molecular flexibility index (Phi) is 6.24. The molecule has 8 nitrogen and oxygen atoms in total. The number of carbonyl (C=O) groups excluding carboxylic acids is 2. The quantitative estimate of drug-likeness (QED) is 0.802. The van der Waals surface area contributed by atoms with Gasteiger partial charge < -0.3 is 20.4 Å².